The number of furan rings is 1. The lowest BCUT2D eigenvalue weighted by atomic mass is 9.97. The molecular weight excluding hydrogens is 376 g/mol. The summed E-state index contributed by atoms with van der Waals surface area (Å²) < 4.78 is 5.19. The molecule has 1 aromatic carbocycles. The molecule has 0 spiro atoms. The van der Waals surface area contributed by atoms with Gasteiger partial charge in [-0.1, -0.05) is 29.5 Å². The molecule has 1 N–H and O–H groups in total. The molecule has 1 aliphatic heterocycles. The summed E-state index contributed by atoms with van der Waals surface area (Å²) in [7, 11) is 0. The van der Waals surface area contributed by atoms with Crippen LogP contribution in [0.2, 0.25) is 0 Å². The fraction of sp³-hybridized carbons (Fsp3) is 0.300. The number of benzene rings is 1. The summed E-state index contributed by atoms with van der Waals surface area (Å²) in [4.78, 5) is 26.6. The van der Waals surface area contributed by atoms with Gasteiger partial charge in [0.05, 0.1) is 6.26 Å². The molecule has 1 aliphatic rings. The van der Waals surface area contributed by atoms with Crippen molar-refractivity contribution in [3.05, 3.63) is 64.0 Å². The van der Waals surface area contributed by atoms with Gasteiger partial charge in [-0.2, -0.15) is 0 Å². The number of aromatic nitrogens is 2. The van der Waals surface area contributed by atoms with E-state index in [0.717, 1.165) is 29.1 Å². The smallest absolute Gasteiger partial charge is 0.289 e. The van der Waals surface area contributed by atoms with Crippen LogP contribution >= 0.6 is 11.3 Å². The summed E-state index contributed by atoms with van der Waals surface area (Å²) in [5, 5.41) is 12.4. The Hall–Kier alpha value is -3.00. The van der Waals surface area contributed by atoms with Gasteiger partial charge in [-0.05, 0) is 43.5 Å². The van der Waals surface area contributed by atoms with Crippen LogP contribution in [-0.4, -0.2) is 40.0 Å². The van der Waals surface area contributed by atoms with Gasteiger partial charge < -0.3 is 14.6 Å². The number of piperidine rings is 1. The van der Waals surface area contributed by atoms with Crippen molar-refractivity contribution in [3.8, 4) is 0 Å². The van der Waals surface area contributed by atoms with Gasteiger partial charge >= 0.3 is 0 Å². The van der Waals surface area contributed by atoms with Crippen LogP contribution in [0.25, 0.3) is 0 Å². The van der Waals surface area contributed by atoms with Gasteiger partial charge in [0.25, 0.3) is 11.8 Å². The normalized spacial score (nSPS) is 14.8. The van der Waals surface area contributed by atoms with E-state index in [0.29, 0.717) is 23.9 Å². The third kappa shape index (κ3) is 3.82. The second-order valence-electron chi connectivity index (χ2n) is 6.76. The highest BCUT2D eigenvalue weighted by Crippen LogP contribution is 2.31. The van der Waals surface area contributed by atoms with Crippen molar-refractivity contribution < 1.29 is 14.0 Å². The van der Waals surface area contributed by atoms with Gasteiger partial charge in [0.1, 0.15) is 5.01 Å². The molecule has 2 amide bonds. The lowest BCUT2D eigenvalue weighted by molar-refractivity contribution is 0.0680. The molecule has 2 aromatic heterocycles. The lowest BCUT2D eigenvalue weighted by Crippen LogP contribution is -2.37. The highest BCUT2D eigenvalue weighted by Gasteiger charge is 2.28. The standard InChI is InChI=1S/C20H20N4O3S/c1-13-5-2-3-6-15(13)21-17(25)19-23-22-18(28-19)14-8-10-24(11-9-14)20(26)16-7-4-12-27-16/h2-7,12,14H,8-11H2,1H3,(H,21,25). The van der Waals surface area contributed by atoms with Crippen molar-refractivity contribution >= 4 is 28.8 Å². The molecule has 1 fully saturated rings. The van der Waals surface area contributed by atoms with Gasteiger partial charge in [-0.15, -0.1) is 10.2 Å². The van der Waals surface area contributed by atoms with Crippen LogP contribution in [0.5, 0.6) is 0 Å². The number of aryl methyl sites for hydroxylation is 1. The minimum absolute atomic E-state index is 0.0842. The molecule has 3 heterocycles. The van der Waals surface area contributed by atoms with E-state index in [-0.39, 0.29) is 17.7 Å². The maximum absolute atomic E-state index is 12.5. The fourth-order valence-corrected chi connectivity index (χ4v) is 4.17. The number of nitrogens with one attached hydrogen (secondary N) is 1. The maximum atomic E-state index is 12.5. The maximum Gasteiger partial charge on any atom is 0.289 e. The van der Waals surface area contributed by atoms with Gasteiger partial charge in [-0.3, -0.25) is 9.59 Å². The molecule has 0 radical (unpaired) electrons. The Balaban J connectivity index is 1.37. The highest BCUT2D eigenvalue weighted by molar-refractivity contribution is 7.13. The first-order valence-electron chi connectivity index (χ1n) is 9.15. The Kier molecular flexibility index (Phi) is 5.21. The molecule has 0 aliphatic carbocycles. The number of carbonyl (C=O) groups excluding carboxylic acids is 2. The Morgan fingerprint density at radius 3 is 2.64 bits per heavy atom. The summed E-state index contributed by atoms with van der Waals surface area (Å²) in [5.41, 5.74) is 1.77. The van der Waals surface area contributed by atoms with Crippen LogP contribution in [0.1, 0.15) is 49.7 Å². The predicted molar refractivity (Wildman–Crippen MR) is 106 cm³/mol. The van der Waals surface area contributed by atoms with Crippen molar-refractivity contribution in [2.75, 3.05) is 18.4 Å². The number of amides is 2. The fourth-order valence-electron chi connectivity index (χ4n) is 3.27. The van der Waals surface area contributed by atoms with E-state index >= 15 is 0 Å². The van der Waals surface area contributed by atoms with Crippen molar-refractivity contribution in [3.63, 3.8) is 0 Å². The number of hydrogen-bond acceptors (Lipinski definition) is 6. The Morgan fingerprint density at radius 1 is 1.14 bits per heavy atom. The SMILES string of the molecule is Cc1ccccc1NC(=O)c1nnc(C2CCN(C(=O)c3ccco3)CC2)s1. The van der Waals surface area contributed by atoms with Crippen LogP contribution in [0, 0.1) is 6.92 Å². The number of rotatable bonds is 4. The van der Waals surface area contributed by atoms with E-state index in [1.54, 1.807) is 17.0 Å². The van der Waals surface area contributed by atoms with Gasteiger partial charge in [0.2, 0.25) is 5.01 Å². The molecule has 0 atom stereocenters. The minimum atomic E-state index is -0.247. The van der Waals surface area contributed by atoms with Crippen molar-refractivity contribution in [1.29, 1.82) is 0 Å². The molecule has 28 heavy (non-hydrogen) atoms. The summed E-state index contributed by atoms with van der Waals surface area (Å²) in [6.45, 7) is 3.21. The van der Waals surface area contributed by atoms with Crippen molar-refractivity contribution in [1.82, 2.24) is 15.1 Å². The third-order valence-electron chi connectivity index (χ3n) is 4.89. The second kappa shape index (κ2) is 7.93. The topological polar surface area (TPSA) is 88.3 Å². The number of nitrogens with zero attached hydrogens (tertiary/aromatic N) is 3. The molecule has 4 rings (SSSR count). The molecule has 0 bridgehead atoms. The van der Waals surface area contributed by atoms with E-state index < -0.39 is 0 Å². The van der Waals surface area contributed by atoms with E-state index in [1.165, 1.54) is 17.6 Å². The molecule has 1 saturated heterocycles. The average molecular weight is 396 g/mol. The Bertz CT molecular complexity index is 975. The summed E-state index contributed by atoms with van der Waals surface area (Å²) in [5.74, 6) is 0.241. The summed E-state index contributed by atoms with van der Waals surface area (Å²) in [6, 6.07) is 11.0. The third-order valence-corrected chi connectivity index (χ3v) is 5.98. The van der Waals surface area contributed by atoms with Gasteiger partial charge in [0.15, 0.2) is 5.76 Å². The first-order valence-corrected chi connectivity index (χ1v) is 9.96. The second-order valence-corrected chi connectivity index (χ2v) is 7.77. The van der Waals surface area contributed by atoms with Crippen molar-refractivity contribution in [2.45, 2.75) is 25.7 Å². The monoisotopic (exact) mass is 396 g/mol. The largest absolute Gasteiger partial charge is 0.459 e. The minimum Gasteiger partial charge on any atom is -0.459 e. The quantitative estimate of drug-likeness (QED) is 0.726. The van der Waals surface area contributed by atoms with Crippen molar-refractivity contribution in [2.24, 2.45) is 0 Å². The zero-order valence-corrected chi connectivity index (χ0v) is 16.2. The van der Waals surface area contributed by atoms with E-state index in [9.17, 15) is 9.59 Å². The highest BCUT2D eigenvalue weighted by atomic mass is 32.1. The van der Waals surface area contributed by atoms with Crippen LogP contribution in [0.4, 0.5) is 5.69 Å². The summed E-state index contributed by atoms with van der Waals surface area (Å²) >= 11 is 1.32. The zero-order chi connectivity index (χ0) is 19.5. The first kappa shape index (κ1) is 18.4. The lowest BCUT2D eigenvalue weighted by Gasteiger charge is -2.30. The average Bonchev–Trinajstić information content (AvgIpc) is 3.42. The molecule has 3 aromatic rings. The van der Waals surface area contributed by atoms with Crippen LogP contribution in [0.15, 0.2) is 47.1 Å². The number of para-hydroxylation sites is 1. The summed E-state index contributed by atoms with van der Waals surface area (Å²) in [6.07, 6.45) is 3.09. The number of carbonyl (C=O) groups is 2. The van der Waals surface area contributed by atoms with E-state index in [4.69, 9.17) is 4.42 Å². The Labute approximate surface area is 166 Å². The Morgan fingerprint density at radius 2 is 1.93 bits per heavy atom. The van der Waals surface area contributed by atoms with Gasteiger partial charge in [0, 0.05) is 24.7 Å². The van der Waals surface area contributed by atoms with E-state index in [1.807, 2.05) is 31.2 Å². The number of hydrogen-bond donors (Lipinski definition) is 1. The number of anilines is 1. The van der Waals surface area contributed by atoms with Crippen LogP contribution in [-0.2, 0) is 0 Å². The molecule has 7 nitrogen and oxygen atoms in total. The van der Waals surface area contributed by atoms with Crippen LogP contribution in [0.3, 0.4) is 0 Å². The molecule has 8 heteroatoms. The molecule has 0 unspecified atom stereocenters. The first-order chi connectivity index (χ1) is 13.6. The van der Waals surface area contributed by atoms with Crippen LogP contribution < -0.4 is 5.32 Å². The van der Waals surface area contributed by atoms with Gasteiger partial charge in [-0.25, -0.2) is 0 Å². The zero-order valence-electron chi connectivity index (χ0n) is 15.4. The van der Waals surface area contributed by atoms with E-state index in [2.05, 4.69) is 15.5 Å². The predicted octanol–water partition coefficient (Wildman–Crippen LogP) is 3.71. The molecular formula is C20H20N4O3S. The molecule has 144 valence electrons. The number of likely N-dealkylation sites (tertiary alicyclic amines) is 1. The molecule has 0 saturated carbocycles.